The predicted molar refractivity (Wildman–Crippen MR) is 82.0 cm³/mol. The first-order chi connectivity index (χ1) is 10.4. The molecule has 0 aliphatic carbocycles. The topological polar surface area (TPSA) is 76.0 Å². The molecule has 2 aliphatic heterocycles. The summed E-state index contributed by atoms with van der Waals surface area (Å²) in [4.78, 5) is 13.8. The minimum absolute atomic E-state index is 0.0684. The molecule has 0 radical (unpaired) electrons. The van der Waals surface area contributed by atoms with Crippen LogP contribution in [0.1, 0.15) is 5.56 Å². The summed E-state index contributed by atoms with van der Waals surface area (Å²) in [5.41, 5.74) is 1.34. The number of hydrogen-bond donors (Lipinski definition) is 0. The number of carbonyl (C=O) groups excluding carboxylic acids is 1. The molecule has 0 N–H and O–H groups in total. The fourth-order valence-corrected chi connectivity index (χ4v) is 3.14. The lowest BCUT2D eigenvalue weighted by molar-refractivity contribution is -0.129. The molecule has 0 saturated heterocycles. The molecule has 1 aromatic carbocycles. The van der Waals surface area contributed by atoms with Crippen molar-refractivity contribution in [1.29, 1.82) is 0 Å². The SMILES string of the molecule is Cc1cccc(OC(=O)C2=CN3CCS(=O)(=O)N=C3C=C2)c1. The maximum atomic E-state index is 12.2. The molecule has 7 heteroatoms. The van der Waals surface area contributed by atoms with Gasteiger partial charge in [0, 0.05) is 12.7 Å². The third-order valence-corrected chi connectivity index (χ3v) is 4.42. The Kier molecular flexibility index (Phi) is 3.58. The van der Waals surface area contributed by atoms with Gasteiger partial charge in [0.1, 0.15) is 11.6 Å². The Morgan fingerprint density at radius 3 is 2.91 bits per heavy atom. The fraction of sp³-hybridized carbons (Fsp3) is 0.200. The van der Waals surface area contributed by atoms with E-state index in [9.17, 15) is 13.2 Å². The molecular weight excluding hydrogens is 304 g/mol. The number of esters is 1. The summed E-state index contributed by atoms with van der Waals surface area (Å²) in [6.07, 6.45) is 4.57. The van der Waals surface area contributed by atoms with Gasteiger partial charge in [0.05, 0.1) is 11.3 Å². The Labute approximate surface area is 128 Å². The fourth-order valence-electron chi connectivity index (χ4n) is 2.17. The van der Waals surface area contributed by atoms with E-state index in [4.69, 9.17) is 4.74 Å². The molecule has 0 saturated carbocycles. The number of ether oxygens (including phenoxy) is 1. The largest absolute Gasteiger partial charge is 0.423 e. The Morgan fingerprint density at radius 1 is 1.32 bits per heavy atom. The first-order valence-electron chi connectivity index (χ1n) is 6.71. The van der Waals surface area contributed by atoms with Gasteiger partial charge in [-0.25, -0.2) is 13.2 Å². The average molecular weight is 318 g/mol. The highest BCUT2D eigenvalue weighted by Gasteiger charge is 2.25. The lowest BCUT2D eigenvalue weighted by Gasteiger charge is -2.26. The predicted octanol–water partition coefficient (Wildman–Crippen LogP) is 1.40. The van der Waals surface area contributed by atoms with Crippen molar-refractivity contribution in [3.05, 3.63) is 53.8 Å². The lowest BCUT2D eigenvalue weighted by Crippen LogP contribution is -2.37. The molecule has 1 aromatic rings. The molecule has 0 aromatic heterocycles. The minimum Gasteiger partial charge on any atom is -0.423 e. The van der Waals surface area contributed by atoms with Crippen LogP contribution in [0.2, 0.25) is 0 Å². The Hall–Kier alpha value is -2.41. The van der Waals surface area contributed by atoms with Crippen LogP contribution in [0.25, 0.3) is 0 Å². The van der Waals surface area contributed by atoms with Crippen molar-refractivity contribution < 1.29 is 17.9 Å². The summed E-state index contributed by atoms with van der Waals surface area (Å²) < 4.78 is 31.8. The van der Waals surface area contributed by atoms with Crippen molar-refractivity contribution in [2.45, 2.75) is 6.92 Å². The summed E-state index contributed by atoms with van der Waals surface area (Å²) in [6, 6.07) is 7.20. The van der Waals surface area contributed by atoms with Crippen molar-refractivity contribution in [1.82, 2.24) is 4.90 Å². The van der Waals surface area contributed by atoms with E-state index in [-0.39, 0.29) is 12.3 Å². The molecular formula is C15H14N2O4S. The quantitative estimate of drug-likeness (QED) is 0.608. The maximum Gasteiger partial charge on any atom is 0.345 e. The Morgan fingerprint density at radius 2 is 2.14 bits per heavy atom. The van der Waals surface area contributed by atoms with Gasteiger partial charge in [-0.3, -0.25) is 0 Å². The van der Waals surface area contributed by atoms with E-state index in [0.29, 0.717) is 17.2 Å². The van der Waals surface area contributed by atoms with Gasteiger partial charge >= 0.3 is 5.97 Å². The molecule has 2 heterocycles. The molecule has 0 fully saturated rings. The van der Waals surface area contributed by atoms with E-state index >= 15 is 0 Å². The number of sulfonamides is 1. The van der Waals surface area contributed by atoms with Gasteiger partial charge in [-0.1, -0.05) is 12.1 Å². The van der Waals surface area contributed by atoms with Gasteiger partial charge in [-0.2, -0.15) is 0 Å². The van der Waals surface area contributed by atoms with Crippen LogP contribution in [-0.4, -0.2) is 37.4 Å². The van der Waals surface area contributed by atoms with E-state index in [2.05, 4.69) is 4.40 Å². The van der Waals surface area contributed by atoms with E-state index in [0.717, 1.165) is 5.56 Å². The molecule has 0 bridgehead atoms. The van der Waals surface area contributed by atoms with Gasteiger partial charge < -0.3 is 9.64 Å². The number of benzene rings is 1. The first kappa shape index (κ1) is 14.5. The van der Waals surface area contributed by atoms with Crippen molar-refractivity contribution >= 4 is 21.8 Å². The third kappa shape index (κ3) is 3.09. The van der Waals surface area contributed by atoms with Crippen molar-refractivity contribution in [2.75, 3.05) is 12.3 Å². The zero-order chi connectivity index (χ0) is 15.7. The molecule has 22 heavy (non-hydrogen) atoms. The second-order valence-corrected chi connectivity index (χ2v) is 6.81. The van der Waals surface area contributed by atoms with E-state index in [1.54, 1.807) is 23.2 Å². The maximum absolute atomic E-state index is 12.2. The molecule has 2 aliphatic rings. The van der Waals surface area contributed by atoms with Crippen LogP contribution < -0.4 is 4.74 Å². The molecule has 0 unspecified atom stereocenters. The zero-order valence-electron chi connectivity index (χ0n) is 11.9. The lowest BCUT2D eigenvalue weighted by atomic mass is 10.2. The second-order valence-electron chi connectivity index (χ2n) is 5.05. The monoisotopic (exact) mass is 318 g/mol. The summed E-state index contributed by atoms with van der Waals surface area (Å²) in [5, 5.41) is 0. The summed E-state index contributed by atoms with van der Waals surface area (Å²) in [7, 11) is -3.39. The highest BCUT2D eigenvalue weighted by molar-refractivity contribution is 7.90. The number of hydrogen-bond acceptors (Lipinski definition) is 5. The number of nitrogens with zero attached hydrogens (tertiary/aromatic N) is 2. The van der Waals surface area contributed by atoms with Gasteiger partial charge in [0.15, 0.2) is 0 Å². The number of aryl methyl sites for hydroxylation is 1. The average Bonchev–Trinajstić information content (AvgIpc) is 2.46. The van der Waals surface area contributed by atoms with E-state index in [1.807, 2.05) is 19.1 Å². The van der Waals surface area contributed by atoms with Gasteiger partial charge in [-0.15, -0.1) is 4.40 Å². The van der Waals surface area contributed by atoms with Crippen LogP contribution in [0, 0.1) is 6.92 Å². The van der Waals surface area contributed by atoms with Crippen LogP contribution in [-0.2, 0) is 14.8 Å². The van der Waals surface area contributed by atoms with Crippen LogP contribution >= 0.6 is 0 Å². The first-order valence-corrected chi connectivity index (χ1v) is 8.32. The van der Waals surface area contributed by atoms with Crippen LogP contribution in [0.4, 0.5) is 0 Å². The standard InChI is InChI=1S/C15H14N2O4S/c1-11-3-2-4-13(9-11)21-15(18)12-5-6-14-16-22(19,20)8-7-17(14)10-12/h2-6,9-10H,7-8H2,1H3. The highest BCUT2D eigenvalue weighted by Crippen LogP contribution is 2.19. The smallest absolute Gasteiger partial charge is 0.345 e. The highest BCUT2D eigenvalue weighted by atomic mass is 32.2. The summed E-state index contributed by atoms with van der Waals surface area (Å²) in [6.45, 7) is 2.18. The zero-order valence-corrected chi connectivity index (χ0v) is 12.7. The van der Waals surface area contributed by atoms with Crippen LogP contribution in [0.3, 0.4) is 0 Å². The van der Waals surface area contributed by atoms with Gasteiger partial charge in [0.25, 0.3) is 10.0 Å². The normalized spacial score (nSPS) is 19.0. The summed E-state index contributed by atoms with van der Waals surface area (Å²) >= 11 is 0. The van der Waals surface area contributed by atoms with Crippen LogP contribution in [0.5, 0.6) is 5.75 Å². The molecule has 3 rings (SSSR count). The third-order valence-electron chi connectivity index (χ3n) is 3.26. The van der Waals surface area contributed by atoms with Crippen molar-refractivity contribution in [3.63, 3.8) is 0 Å². The second kappa shape index (κ2) is 5.42. The van der Waals surface area contributed by atoms with E-state index in [1.165, 1.54) is 12.2 Å². The molecule has 114 valence electrons. The van der Waals surface area contributed by atoms with Crippen LogP contribution in [0.15, 0.2) is 52.6 Å². The molecule has 0 spiro atoms. The Balaban J connectivity index is 1.78. The number of amidine groups is 1. The summed E-state index contributed by atoms with van der Waals surface area (Å²) in [5.74, 6) is 0.230. The number of carbonyl (C=O) groups is 1. The molecule has 6 nitrogen and oxygen atoms in total. The van der Waals surface area contributed by atoms with Crippen molar-refractivity contribution in [3.8, 4) is 5.75 Å². The molecule has 0 atom stereocenters. The van der Waals surface area contributed by atoms with Crippen molar-refractivity contribution in [2.24, 2.45) is 4.40 Å². The van der Waals surface area contributed by atoms with E-state index < -0.39 is 16.0 Å². The minimum atomic E-state index is -3.39. The van der Waals surface area contributed by atoms with Gasteiger partial charge in [-0.05, 0) is 36.8 Å². The Bertz CT molecular complexity index is 822. The molecule has 0 amide bonds. The number of rotatable bonds is 2. The van der Waals surface area contributed by atoms with Gasteiger partial charge in [0.2, 0.25) is 0 Å². The number of fused-ring (bicyclic) bond motifs is 1.